The molecular weight excluding hydrogens is 531 g/mol. The lowest BCUT2D eigenvalue weighted by molar-refractivity contribution is 0.102. The predicted octanol–water partition coefficient (Wildman–Crippen LogP) is 6.68. The van der Waals surface area contributed by atoms with Crippen LogP contribution in [0.5, 0.6) is 0 Å². The van der Waals surface area contributed by atoms with E-state index < -0.39 is 0 Å². The summed E-state index contributed by atoms with van der Waals surface area (Å²) in [5, 5.41) is 2.93. The van der Waals surface area contributed by atoms with Gasteiger partial charge in [0.2, 0.25) is 5.89 Å². The molecular formula is C22H16BrIN2O2. The maximum absolute atomic E-state index is 12.5. The quantitative estimate of drug-likeness (QED) is 0.291. The third-order valence-electron chi connectivity index (χ3n) is 4.42. The molecule has 0 saturated carbocycles. The number of carbonyl (C=O) groups excluding carboxylic acids is 1. The molecule has 4 aromatic rings. The number of amides is 1. The highest BCUT2D eigenvalue weighted by atomic mass is 127. The average Bonchev–Trinajstić information content (AvgIpc) is 3.13. The summed E-state index contributed by atoms with van der Waals surface area (Å²) in [6.07, 6.45) is 0.936. The van der Waals surface area contributed by atoms with Crippen molar-refractivity contribution < 1.29 is 9.21 Å². The van der Waals surface area contributed by atoms with Crippen molar-refractivity contribution in [1.82, 2.24) is 4.98 Å². The van der Waals surface area contributed by atoms with Crippen LogP contribution in [0.4, 0.5) is 5.69 Å². The molecule has 1 heterocycles. The molecule has 0 unspecified atom stereocenters. The topological polar surface area (TPSA) is 55.1 Å². The van der Waals surface area contributed by atoms with Crippen molar-refractivity contribution >= 4 is 61.2 Å². The molecule has 0 saturated heterocycles. The van der Waals surface area contributed by atoms with E-state index in [1.807, 2.05) is 54.6 Å². The Balaban J connectivity index is 1.58. The second-order valence-electron chi connectivity index (χ2n) is 6.31. The van der Waals surface area contributed by atoms with Gasteiger partial charge >= 0.3 is 0 Å². The molecule has 0 fully saturated rings. The third-order valence-corrected chi connectivity index (χ3v) is 5.95. The van der Waals surface area contributed by atoms with E-state index in [9.17, 15) is 4.79 Å². The first-order valence-corrected chi connectivity index (χ1v) is 10.7. The lowest BCUT2D eigenvalue weighted by Gasteiger charge is -2.07. The number of aryl methyl sites for hydroxylation is 1. The van der Waals surface area contributed by atoms with Crippen molar-refractivity contribution in [2.24, 2.45) is 0 Å². The Morgan fingerprint density at radius 2 is 1.89 bits per heavy atom. The number of rotatable bonds is 4. The van der Waals surface area contributed by atoms with Gasteiger partial charge < -0.3 is 9.73 Å². The van der Waals surface area contributed by atoms with E-state index in [1.165, 1.54) is 5.56 Å². The molecule has 0 spiro atoms. The van der Waals surface area contributed by atoms with E-state index in [0.29, 0.717) is 11.5 Å². The van der Waals surface area contributed by atoms with Crippen molar-refractivity contribution in [1.29, 1.82) is 0 Å². The van der Waals surface area contributed by atoms with Gasteiger partial charge in [-0.25, -0.2) is 4.98 Å². The normalized spacial score (nSPS) is 11.0. The number of hydrogen-bond acceptors (Lipinski definition) is 3. The highest BCUT2D eigenvalue weighted by Crippen LogP contribution is 2.31. The van der Waals surface area contributed by atoms with Gasteiger partial charge in [-0.3, -0.25) is 4.79 Å². The summed E-state index contributed by atoms with van der Waals surface area (Å²) in [5.41, 5.74) is 5.00. The van der Waals surface area contributed by atoms with Gasteiger partial charge in [0.1, 0.15) is 5.52 Å². The van der Waals surface area contributed by atoms with Crippen LogP contribution in [0.2, 0.25) is 0 Å². The summed E-state index contributed by atoms with van der Waals surface area (Å²) >= 11 is 5.72. The molecule has 1 N–H and O–H groups in total. The Hall–Kier alpha value is -2.19. The molecule has 4 nitrogen and oxygen atoms in total. The molecule has 28 heavy (non-hydrogen) atoms. The van der Waals surface area contributed by atoms with Gasteiger partial charge in [0, 0.05) is 14.8 Å². The Bertz CT molecular complexity index is 1170. The van der Waals surface area contributed by atoms with Gasteiger partial charge in [0.05, 0.1) is 10.0 Å². The van der Waals surface area contributed by atoms with Crippen LogP contribution in [0.15, 0.2) is 69.6 Å². The minimum Gasteiger partial charge on any atom is -0.435 e. The highest BCUT2D eigenvalue weighted by Gasteiger charge is 2.13. The molecule has 4 rings (SSSR count). The number of nitrogens with zero attached hydrogens (tertiary/aromatic N) is 1. The van der Waals surface area contributed by atoms with Crippen LogP contribution >= 0.6 is 38.5 Å². The number of nitrogens with one attached hydrogen (secondary N) is 1. The van der Waals surface area contributed by atoms with Crippen molar-refractivity contribution in [3.8, 4) is 11.5 Å². The molecule has 0 aliphatic rings. The number of benzene rings is 3. The third kappa shape index (κ3) is 3.84. The smallest absolute Gasteiger partial charge is 0.256 e. The summed E-state index contributed by atoms with van der Waals surface area (Å²) in [4.78, 5) is 17.1. The first kappa shape index (κ1) is 19.1. The molecule has 0 bridgehead atoms. The first-order chi connectivity index (χ1) is 13.5. The van der Waals surface area contributed by atoms with E-state index in [0.717, 1.165) is 36.8 Å². The minimum absolute atomic E-state index is 0.129. The molecule has 1 aromatic heterocycles. The Morgan fingerprint density at radius 3 is 2.61 bits per heavy atom. The van der Waals surface area contributed by atoms with Crippen molar-refractivity contribution in [3.05, 3.63) is 79.8 Å². The van der Waals surface area contributed by atoms with Gasteiger partial charge in [-0.15, -0.1) is 0 Å². The zero-order valence-electron chi connectivity index (χ0n) is 15.0. The monoisotopic (exact) mass is 546 g/mol. The van der Waals surface area contributed by atoms with Crippen molar-refractivity contribution in [2.45, 2.75) is 13.3 Å². The van der Waals surface area contributed by atoms with E-state index in [2.05, 4.69) is 61.8 Å². The summed E-state index contributed by atoms with van der Waals surface area (Å²) in [5.74, 6) is 0.426. The van der Waals surface area contributed by atoms with Gasteiger partial charge in [-0.05, 0) is 99.0 Å². The van der Waals surface area contributed by atoms with Crippen LogP contribution in [-0.2, 0) is 6.42 Å². The molecule has 140 valence electrons. The standard InChI is InChI=1S/C22H16BrIN2O2/c1-2-13-11-17(23)20-19(12-13)26-22(28-20)14-7-9-15(10-8-14)25-21(27)16-5-3-4-6-18(16)24/h3-12H,2H2,1H3,(H,25,27). The van der Waals surface area contributed by atoms with Crippen molar-refractivity contribution in [3.63, 3.8) is 0 Å². The van der Waals surface area contributed by atoms with Crippen LogP contribution in [0.1, 0.15) is 22.8 Å². The van der Waals surface area contributed by atoms with Crippen LogP contribution in [-0.4, -0.2) is 10.9 Å². The Kier molecular flexibility index (Phi) is 5.50. The summed E-state index contributed by atoms with van der Waals surface area (Å²) in [6.45, 7) is 2.11. The molecule has 0 atom stereocenters. The molecule has 0 radical (unpaired) electrons. The minimum atomic E-state index is -0.129. The molecule has 1 amide bonds. The molecule has 0 aliphatic carbocycles. The van der Waals surface area contributed by atoms with Gasteiger partial charge in [-0.2, -0.15) is 0 Å². The fraction of sp³-hybridized carbons (Fsp3) is 0.0909. The molecule has 0 aliphatic heterocycles. The van der Waals surface area contributed by atoms with Crippen LogP contribution in [0.3, 0.4) is 0 Å². The highest BCUT2D eigenvalue weighted by molar-refractivity contribution is 14.1. The second kappa shape index (κ2) is 8.05. The number of anilines is 1. The van der Waals surface area contributed by atoms with E-state index in [4.69, 9.17) is 4.42 Å². The van der Waals surface area contributed by atoms with Crippen LogP contribution < -0.4 is 5.32 Å². The average molecular weight is 547 g/mol. The van der Waals surface area contributed by atoms with E-state index in [-0.39, 0.29) is 5.91 Å². The number of fused-ring (bicyclic) bond motifs is 1. The summed E-state index contributed by atoms with van der Waals surface area (Å²) < 4.78 is 7.76. The number of halogens is 2. The Morgan fingerprint density at radius 1 is 1.14 bits per heavy atom. The van der Waals surface area contributed by atoms with Crippen molar-refractivity contribution in [2.75, 3.05) is 5.32 Å². The number of hydrogen-bond donors (Lipinski definition) is 1. The predicted molar refractivity (Wildman–Crippen MR) is 124 cm³/mol. The van der Waals surface area contributed by atoms with Crippen LogP contribution in [0.25, 0.3) is 22.6 Å². The zero-order chi connectivity index (χ0) is 19.7. The second-order valence-corrected chi connectivity index (χ2v) is 8.33. The fourth-order valence-electron chi connectivity index (χ4n) is 2.91. The van der Waals surface area contributed by atoms with E-state index >= 15 is 0 Å². The molecule has 6 heteroatoms. The summed E-state index contributed by atoms with van der Waals surface area (Å²) in [6, 6.07) is 19.1. The molecule has 3 aromatic carbocycles. The SMILES string of the molecule is CCc1cc(Br)c2oc(-c3ccc(NC(=O)c4ccccc4I)cc3)nc2c1. The lowest BCUT2D eigenvalue weighted by Crippen LogP contribution is -2.13. The maximum atomic E-state index is 12.5. The lowest BCUT2D eigenvalue weighted by atomic mass is 10.1. The first-order valence-electron chi connectivity index (χ1n) is 8.80. The zero-order valence-corrected chi connectivity index (χ0v) is 18.7. The Labute approximate surface area is 184 Å². The van der Waals surface area contributed by atoms with Crippen LogP contribution in [0, 0.1) is 3.57 Å². The fourth-order valence-corrected chi connectivity index (χ4v) is 4.12. The largest absolute Gasteiger partial charge is 0.435 e. The maximum Gasteiger partial charge on any atom is 0.256 e. The number of oxazole rings is 1. The number of aromatic nitrogens is 1. The summed E-state index contributed by atoms with van der Waals surface area (Å²) in [7, 11) is 0. The number of carbonyl (C=O) groups is 1. The van der Waals surface area contributed by atoms with Gasteiger partial charge in [0.25, 0.3) is 5.91 Å². The van der Waals surface area contributed by atoms with E-state index in [1.54, 1.807) is 0 Å². The van der Waals surface area contributed by atoms with Gasteiger partial charge in [-0.1, -0.05) is 19.1 Å². The van der Waals surface area contributed by atoms with Gasteiger partial charge in [0.15, 0.2) is 5.58 Å².